The Balaban J connectivity index is 1.31. The van der Waals surface area contributed by atoms with Crippen molar-refractivity contribution in [3.05, 3.63) is 59.7 Å². The second kappa shape index (κ2) is 7.13. The van der Waals surface area contributed by atoms with Gasteiger partial charge in [0.05, 0.1) is 18.9 Å². The molecule has 1 aromatic carbocycles. The van der Waals surface area contributed by atoms with Crippen LogP contribution in [0.2, 0.25) is 0 Å². The van der Waals surface area contributed by atoms with E-state index in [0.717, 1.165) is 11.1 Å². The third-order valence-electron chi connectivity index (χ3n) is 4.51. The van der Waals surface area contributed by atoms with Gasteiger partial charge in [-0.15, -0.1) is 0 Å². The Morgan fingerprint density at radius 1 is 1.27 bits per heavy atom. The fraction of sp³-hybridized carbons (Fsp3) is 0.316. The molecule has 26 heavy (non-hydrogen) atoms. The van der Waals surface area contributed by atoms with Crippen LogP contribution < -0.4 is 0 Å². The van der Waals surface area contributed by atoms with Crippen LogP contribution in [-0.2, 0) is 17.8 Å². The van der Waals surface area contributed by atoms with Crippen molar-refractivity contribution in [1.29, 1.82) is 0 Å². The Morgan fingerprint density at radius 2 is 2.15 bits per heavy atom. The molecule has 1 aliphatic rings. The summed E-state index contributed by atoms with van der Waals surface area (Å²) in [5, 5.41) is 14.1. The van der Waals surface area contributed by atoms with Crippen molar-refractivity contribution in [2.75, 3.05) is 6.54 Å². The molecule has 0 saturated heterocycles. The molecular weight excluding hydrogens is 334 g/mol. The van der Waals surface area contributed by atoms with Crippen LogP contribution in [0.4, 0.5) is 0 Å². The van der Waals surface area contributed by atoms with Crippen molar-refractivity contribution in [1.82, 2.24) is 15.0 Å². The first kappa shape index (κ1) is 16.5. The van der Waals surface area contributed by atoms with E-state index in [-0.39, 0.29) is 5.91 Å². The van der Waals surface area contributed by atoms with Gasteiger partial charge >= 0.3 is 0 Å². The summed E-state index contributed by atoms with van der Waals surface area (Å²) in [5.41, 5.74) is 1.91. The molecule has 3 aromatic rings. The van der Waals surface area contributed by atoms with Crippen LogP contribution in [0.5, 0.6) is 0 Å². The van der Waals surface area contributed by atoms with Crippen molar-refractivity contribution < 1.29 is 18.8 Å². The number of β-amino-alcohol motifs (C(OH)–C–C–N with tert-alkyl or cyclic N) is 1. The minimum Gasteiger partial charge on any atom is -0.461 e. The molecule has 7 nitrogen and oxygen atoms in total. The summed E-state index contributed by atoms with van der Waals surface area (Å²) >= 11 is 0. The lowest BCUT2D eigenvalue weighted by Crippen LogP contribution is -2.38. The van der Waals surface area contributed by atoms with E-state index in [1.807, 2.05) is 24.3 Å². The summed E-state index contributed by atoms with van der Waals surface area (Å²) < 4.78 is 10.4. The van der Waals surface area contributed by atoms with Gasteiger partial charge in [-0.25, -0.2) is 0 Å². The van der Waals surface area contributed by atoms with Gasteiger partial charge in [-0.2, -0.15) is 4.98 Å². The standard InChI is InChI=1S/C19H19N3O4/c23-15-12-22(11-13-5-1-2-6-14(13)15)18(24)9-3-8-17-20-19(21-26-17)16-7-4-10-25-16/h1-2,4-7,10,15,23H,3,8-9,11-12H2. The molecule has 0 bridgehead atoms. The van der Waals surface area contributed by atoms with Crippen LogP contribution in [0, 0.1) is 0 Å². The second-order valence-corrected chi connectivity index (χ2v) is 6.33. The number of hydrogen-bond acceptors (Lipinski definition) is 6. The first-order valence-electron chi connectivity index (χ1n) is 8.61. The molecule has 4 rings (SSSR count). The Kier molecular flexibility index (Phi) is 4.53. The van der Waals surface area contributed by atoms with E-state index in [4.69, 9.17) is 8.94 Å². The molecule has 0 spiro atoms. The number of benzene rings is 1. The minimum absolute atomic E-state index is 0.0179. The molecule has 0 aliphatic carbocycles. The number of carbonyl (C=O) groups is 1. The van der Waals surface area contributed by atoms with E-state index in [2.05, 4.69) is 10.1 Å². The molecule has 1 aliphatic heterocycles. The molecule has 1 unspecified atom stereocenters. The normalized spacial score (nSPS) is 16.5. The number of furan rings is 1. The average Bonchev–Trinajstić information content (AvgIpc) is 3.33. The maximum absolute atomic E-state index is 12.5. The summed E-state index contributed by atoms with van der Waals surface area (Å²) in [6.07, 6.45) is 2.41. The lowest BCUT2D eigenvalue weighted by molar-refractivity contribution is -0.134. The van der Waals surface area contributed by atoms with E-state index in [1.165, 1.54) is 0 Å². The number of hydrogen-bond donors (Lipinski definition) is 1. The Labute approximate surface area is 150 Å². The van der Waals surface area contributed by atoms with Crippen LogP contribution in [-0.4, -0.2) is 32.6 Å². The first-order valence-corrected chi connectivity index (χ1v) is 8.61. The smallest absolute Gasteiger partial charge is 0.238 e. The van der Waals surface area contributed by atoms with Crippen LogP contribution >= 0.6 is 0 Å². The topological polar surface area (TPSA) is 92.6 Å². The van der Waals surface area contributed by atoms with Gasteiger partial charge in [0.1, 0.15) is 0 Å². The highest BCUT2D eigenvalue weighted by Crippen LogP contribution is 2.26. The number of fused-ring (bicyclic) bond motifs is 1. The van der Waals surface area contributed by atoms with E-state index in [9.17, 15) is 9.90 Å². The highest BCUT2D eigenvalue weighted by molar-refractivity contribution is 5.76. The van der Waals surface area contributed by atoms with Crippen molar-refractivity contribution >= 4 is 5.91 Å². The predicted molar refractivity (Wildman–Crippen MR) is 91.8 cm³/mol. The van der Waals surface area contributed by atoms with Gasteiger partial charge in [0.2, 0.25) is 17.6 Å². The molecule has 0 radical (unpaired) electrons. The van der Waals surface area contributed by atoms with Crippen LogP contribution in [0.25, 0.3) is 11.6 Å². The summed E-state index contributed by atoms with van der Waals surface area (Å²) in [7, 11) is 0. The minimum atomic E-state index is -0.629. The van der Waals surface area contributed by atoms with Crippen LogP contribution in [0.3, 0.4) is 0 Å². The molecule has 0 saturated carbocycles. The fourth-order valence-corrected chi connectivity index (χ4v) is 3.18. The second-order valence-electron chi connectivity index (χ2n) is 6.33. The monoisotopic (exact) mass is 353 g/mol. The highest BCUT2D eigenvalue weighted by atomic mass is 16.5. The predicted octanol–water partition coefficient (Wildman–Crippen LogP) is 2.73. The third-order valence-corrected chi connectivity index (χ3v) is 4.51. The SMILES string of the molecule is O=C(CCCc1nc(-c2ccco2)no1)N1Cc2ccccc2C(O)C1. The third kappa shape index (κ3) is 3.39. The molecule has 0 fully saturated rings. The zero-order chi connectivity index (χ0) is 17.9. The quantitative estimate of drug-likeness (QED) is 0.758. The molecule has 3 heterocycles. The Bertz CT molecular complexity index is 888. The lowest BCUT2D eigenvalue weighted by Gasteiger charge is -2.32. The average molecular weight is 353 g/mol. The van der Waals surface area contributed by atoms with Gasteiger partial charge in [-0.05, 0) is 29.7 Å². The Morgan fingerprint density at radius 3 is 3.00 bits per heavy atom. The Hall–Kier alpha value is -2.93. The number of rotatable bonds is 5. The highest BCUT2D eigenvalue weighted by Gasteiger charge is 2.26. The zero-order valence-corrected chi connectivity index (χ0v) is 14.2. The number of nitrogens with zero attached hydrogens (tertiary/aromatic N) is 3. The van der Waals surface area contributed by atoms with Gasteiger partial charge in [-0.1, -0.05) is 29.4 Å². The molecule has 1 amide bonds. The molecule has 1 atom stereocenters. The van der Waals surface area contributed by atoms with Crippen molar-refractivity contribution in [3.63, 3.8) is 0 Å². The lowest BCUT2D eigenvalue weighted by atomic mass is 9.97. The number of carbonyl (C=O) groups excluding carboxylic acids is 1. The summed E-state index contributed by atoms with van der Waals surface area (Å²) in [4.78, 5) is 18.4. The number of aromatic nitrogens is 2. The summed E-state index contributed by atoms with van der Waals surface area (Å²) in [6, 6.07) is 11.2. The van der Waals surface area contributed by atoms with Crippen molar-refractivity contribution in [3.8, 4) is 11.6 Å². The largest absolute Gasteiger partial charge is 0.461 e. The number of aliphatic hydroxyl groups excluding tert-OH is 1. The van der Waals surface area contributed by atoms with Gasteiger partial charge in [0.25, 0.3) is 0 Å². The van der Waals surface area contributed by atoms with E-state index < -0.39 is 6.10 Å². The van der Waals surface area contributed by atoms with Gasteiger partial charge in [-0.3, -0.25) is 4.79 Å². The number of aryl methyl sites for hydroxylation is 1. The van der Waals surface area contributed by atoms with Crippen molar-refractivity contribution in [2.24, 2.45) is 0 Å². The van der Waals surface area contributed by atoms with Gasteiger partial charge < -0.3 is 18.9 Å². The van der Waals surface area contributed by atoms with Crippen molar-refractivity contribution in [2.45, 2.75) is 31.9 Å². The molecule has 134 valence electrons. The van der Waals surface area contributed by atoms with E-state index in [1.54, 1.807) is 23.3 Å². The number of amides is 1. The first-order chi connectivity index (χ1) is 12.7. The summed E-state index contributed by atoms with van der Waals surface area (Å²) in [6.45, 7) is 0.869. The molecule has 7 heteroatoms. The summed E-state index contributed by atoms with van der Waals surface area (Å²) in [5.74, 6) is 1.46. The van der Waals surface area contributed by atoms with E-state index >= 15 is 0 Å². The van der Waals surface area contributed by atoms with Gasteiger partial charge in [0.15, 0.2) is 5.76 Å². The van der Waals surface area contributed by atoms with E-state index in [0.29, 0.717) is 49.8 Å². The fourth-order valence-electron chi connectivity index (χ4n) is 3.18. The zero-order valence-electron chi connectivity index (χ0n) is 14.2. The maximum Gasteiger partial charge on any atom is 0.238 e. The molecule has 1 N–H and O–H groups in total. The van der Waals surface area contributed by atoms with Gasteiger partial charge in [0, 0.05) is 19.4 Å². The van der Waals surface area contributed by atoms with Crippen LogP contribution in [0.1, 0.15) is 36.0 Å². The van der Waals surface area contributed by atoms with Crippen LogP contribution in [0.15, 0.2) is 51.6 Å². The maximum atomic E-state index is 12.5. The molecular formula is C19H19N3O4. The number of aliphatic hydroxyl groups is 1. The molecule has 2 aromatic heterocycles.